The highest BCUT2D eigenvalue weighted by Crippen LogP contribution is 2.36. The number of hydrogen-bond acceptors (Lipinski definition) is 5. The lowest BCUT2D eigenvalue weighted by molar-refractivity contribution is -0.137. The van der Waals surface area contributed by atoms with Crippen molar-refractivity contribution in [2.75, 3.05) is 9.62 Å². The number of aromatic nitrogens is 3. The number of nitrogens with one attached hydrogen (secondary N) is 1. The van der Waals surface area contributed by atoms with Crippen molar-refractivity contribution in [2.24, 2.45) is 0 Å². The van der Waals surface area contributed by atoms with Crippen LogP contribution in [0.1, 0.15) is 25.0 Å². The van der Waals surface area contributed by atoms with Gasteiger partial charge in [-0.1, -0.05) is 0 Å². The van der Waals surface area contributed by atoms with E-state index in [1.54, 1.807) is 4.90 Å². The molecule has 1 atom stereocenters. The van der Waals surface area contributed by atoms with Gasteiger partial charge >= 0.3 is 6.18 Å². The summed E-state index contributed by atoms with van der Waals surface area (Å²) in [5.74, 6) is -0.161. The Morgan fingerprint density at radius 2 is 1.88 bits per heavy atom. The fraction of sp³-hybridized carbons (Fsp3) is 0.250. The van der Waals surface area contributed by atoms with Crippen LogP contribution in [-0.2, 0) is 27.4 Å². The number of amides is 1. The van der Waals surface area contributed by atoms with Gasteiger partial charge in [0.15, 0.2) is 0 Å². The third kappa shape index (κ3) is 3.93. The third-order valence-electron chi connectivity index (χ3n) is 5.15. The molecule has 2 heterocycles. The predicted molar refractivity (Wildman–Crippen MR) is 110 cm³/mol. The van der Waals surface area contributed by atoms with Gasteiger partial charge in [0, 0.05) is 18.7 Å². The van der Waals surface area contributed by atoms with Crippen LogP contribution in [0.5, 0.6) is 0 Å². The highest BCUT2D eigenvalue weighted by Gasteiger charge is 2.33. The van der Waals surface area contributed by atoms with Gasteiger partial charge in [0.05, 0.1) is 21.8 Å². The molecule has 1 aliphatic rings. The molecule has 0 saturated carbocycles. The van der Waals surface area contributed by atoms with E-state index in [-0.39, 0.29) is 28.2 Å². The number of sulfonamides is 1. The van der Waals surface area contributed by atoms with Gasteiger partial charge in [-0.05, 0) is 55.3 Å². The lowest BCUT2D eigenvalue weighted by Crippen LogP contribution is -2.33. The Morgan fingerprint density at radius 3 is 2.50 bits per heavy atom. The molecule has 8 nitrogen and oxygen atoms in total. The van der Waals surface area contributed by atoms with E-state index in [1.165, 1.54) is 37.8 Å². The summed E-state index contributed by atoms with van der Waals surface area (Å²) < 4.78 is 69.3. The van der Waals surface area contributed by atoms with E-state index in [0.29, 0.717) is 23.7 Å². The first-order valence-electron chi connectivity index (χ1n) is 9.49. The number of carbonyl (C=O) groups is 1. The van der Waals surface area contributed by atoms with Gasteiger partial charge in [-0.2, -0.15) is 18.3 Å². The summed E-state index contributed by atoms with van der Waals surface area (Å²) in [4.78, 5) is 17.1. The van der Waals surface area contributed by atoms with Crippen LogP contribution in [0.25, 0.3) is 5.69 Å². The molecule has 2 aromatic carbocycles. The third-order valence-corrected chi connectivity index (χ3v) is 6.51. The van der Waals surface area contributed by atoms with Gasteiger partial charge < -0.3 is 4.90 Å². The summed E-state index contributed by atoms with van der Waals surface area (Å²) in [5, 5.41) is 3.87. The molecular formula is C20H18F3N5O3S. The molecule has 32 heavy (non-hydrogen) atoms. The standard InChI is InChI=1S/C20H18F3N5O3S/c1-12-7-14-8-16(4-6-18(14)28(12)13(2)29)32(30,31)26-17-9-15(20(21,22)23)3-5-19(17)27-11-24-10-25-27/h3-6,8-12,26H,7H2,1-2H3/t12-/m1/s1. The molecule has 0 fully saturated rings. The fourth-order valence-corrected chi connectivity index (χ4v) is 4.90. The lowest BCUT2D eigenvalue weighted by atomic mass is 10.1. The minimum absolute atomic E-state index is 0.0802. The fourth-order valence-electron chi connectivity index (χ4n) is 3.78. The average Bonchev–Trinajstić information content (AvgIpc) is 3.33. The van der Waals surface area contributed by atoms with Crippen molar-refractivity contribution in [3.8, 4) is 5.69 Å². The number of halogens is 3. The maximum atomic E-state index is 13.2. The first-order chi connectivity index (χ1) is 15.0. The van der Waals surface area contributed by atoms with Crippen LogP contribution in [-0.4, -0.2) is 35.1 Å². The second kappa shape index (κ2) is 7.62. The number of alkyl halides is 3. The van der Waals surface area contributed by atoms with Gasteiger partial charge in [0.25, 0.3) is 10.0 Å². The SMILES string of the molecule is CC(=O)N1c2ccc(S(=O)(=O)Nc3cc(C(F)(F)F)ccc3-n3cncn3)cc2C[C@H]1C. The first kappa shape index (κ1) is 21.8. The lowest BCUT2D eigenvalue weighted by Gasteiger charge is -2.20. The Morgan fingerprint density at radius 1 is 1.16 bits per heavy atom. The van der Waals surface area contributed by atoms with E-state index in [0.717, 1.165) is 16.8 Å². The molecule has 0 unspecified atom stereocenters. The number of nitrogens with zero attached hydrogens (tertiary/aromatic N) is 4. The number of hydrogen-bond donors (Lipinski definition) is 1. The van der Waals surface area contributed by atoms with Crippen LogP contribution < -0.4 is 9.62 Å². The van der Waals surface area contributed by atoms with Crippen LogP contribution in [0.4, 0.5) is 24.5 Å². The van der Waals surface area contributed by atoms with Crippen LogP contribution in [0.2, 0.25) is 0 Å². The molecule has 3 aromatic rings. The quantitative estimate of drug-likeness (QED) is 0.637. The van der Waals surface area contributed by atoms with Gasteiger partial charge in [-0.25, -0.2) is 18.1 Å². The van der Waals surface area contributed by atoms with E-state index in [1.807, 2.05) is 6.92 Å². The van der Waals surface area contributed by atoms with Crippen molar-refractivity contribution in [1.29, 1.82) is 0 Å². The van der Waals surface area contributed by atoms with Crippen molar-refractivity contribution in [3.05, 3.63) is 60.2 Å². The van der Waals surface area contributed by atoms with Crippen LogP contribution in [0, 0.1) is 0 Å². The van der Waals surface area contributed by atoms with E-state index in [2.05, 4.69) is 14.8 Å². The highest BCUT2D eigenvalue weighted by atomic mass is 32.2. The summed E-state index contributed by atoms with van der Waals surface area (Å²) >= 11 is 0. The minimum atomic E-state index is -4.67. The van der Waals surface area contributed by atoms with Crippen LogP contribution >= 0.6 is 0 Å². The zero-order valence-electron chi connectivity index (χ0n) is 17.0. The summed E-state index contributed by atoms with van der Waals surface area (Å²) in [7, 11) is -4.25. The van der Waals surface area contributed by atoms with E-state index >= 15 is 0 Å². The summed E-state index contributed by atoms with van der Waals surface area (Å²) in [6.45, 7) is 3.28. The molecule has 168 valence electrons. The monoisotopic (exact) mass is 465 g/mol. The minimum Gasteiger partial charge on any atom is -0.309 e. The maximum Gasteiger partial charge on any atom is 0.416 e. The van der Waals surface area contributed by atoms with E-state index in [9.17, 15) is 26.4 Å². The Labute approximate surface area is 181 Å². The summed E-state index contributed by atoms with van der Waals surface area (Å²) in [6.07, 6.45) is -1.78. The molecular weight excluding hydrogens is 447 g/mol. The van der Waals surface area contributed by atoms with Crippen molar-refractivity contribution in [1.82, 2.24) is 14.8 Å². The summed E-state index contributed by atoms with van der Waals surface area (Å²) in [5.41, 5.74) is 0.0440. The number of benzene rings is 2. The van der Waals surface area contributed by atoms with Crippen molar-refractivity contribution >= 4 is 27.3 Å². The van der Waals surface area contributed by atoms with Crippen LogP contribution in [0.15, 0.2) is 53.9 Å². The van der Waals surface area contributed by atoms with E-state index in [4.69, 9.17) is 0 Å². The Balaban J connectivity index is 1.74. The molecule has 0 bridgehead atoms. The van der Waals surface area contributed by atoms with Gasteiger partial charge in [0.2, 0.25) is 5.91 Å². The molecule has 0 aliphatic carbocycles. The Kier molecular flexibility index (Phi) is 5.19. The largest absolute Gasteiger partial charge is 0.416 e. The molecule has 4 rings (SSSR count). The highest BCUT2D eigenvalue weighted by molar-refractivity contribution is 7.92. The van der Waals surface area contributed by atoms with Crippen molar-refractivity contribution < 1.29 is 26.4 Å². The molecule has 0 radical (unpaired) electrons. The molecule has 1 aromatic heterocycles. The second-order valence-corrected chi connectivity index (χ2v) is 9.09. The van der Waals surface area contributed by atoms with Gasteiger partial charge in [0.1, 0.15) is 12.7 Å². The Hall–Kier alpha value is -3.41. The zero-order valence-corrected chi connectivity index (χ0v) is 17.8. The van der Waals surface area contributed by atoms with E-state index < -0.39 is 21.8 Å². The number of carbonyl (C=O) groups excluding carboxylic acids is 1. The summed E-state index contributed by atoms with van der Waals surface area (Å²) in [6, 6.07) is 6.81. The van der Waals surface area contributed by atoms with Crippen molar-refractivity contribution in [3.63, 3.8) is 0 Å². The normalized spacial score (nSPS) is 16.2. The molecule has 1 N–H and O–H groups in total. The number of anilines is 2. The molecule has 12 heteroatoms. The molecule has 0 spiro atoms. The van der Waals surface area contributed by atoms with Gasteiger partial charge in [-0.15, -0.1) is 0 Å². The van der Waals surface area contributed by atoms with Crippen molar-refractivity contribution in [2.45, 2.75) is 37.4 Å². The molecule has 0 saturated heterocycles. The average molecular weight is 465 g/mol. The maximum absolute atomic E-state index is 13.2. The second-order valence-electron chi connectivity index (χ2n) is 7.41. The Bertz CT molecular complexity index is 1290. The number of rotatable bonds is 4. The predicted octanol–water partition coefficient (Wildman–Crippen LogP) is 3.38. The topological polar surface area (TPSA) is 97.2 Å². The first-order valence-corrected chi connectivity index (χ1v) is 11.0. The molecule has 1 aliphatic heterocycles. The number of fused-ring (bicyclic) bond motifs is 1. The smallest absolute Gasteiger partial charge is 0.309 e. The van der Waals surface area contributed by atoms with Crippen LogP contribution in [0.3, 0.4) is 0 Å². The molecule has 1 amide bonds. The zero-order chi connectivity index (χ0) is 23.3. The van der Waals surface area contributed by atoms with Gasteiger partial charge in [-0.3, -0.25) is 9.52 Å².